The van der Waals surface area contributed by atoms with Crippen molar-refractivity contribution in [3.8, 4) is 0 Å². The summed E-state index contributed by atoms with van der Waals surface area (Å²) in [5, 5.41) is 0. The van der Waals surface area contributed by atoms with Crippen molar-refractivity contribution in [1.29, 1.82) is 0 Å². The minimum absolute atomic E-state index is 0. The molecule has 0 spiro atoms. The number of halogens is 1. The van der Waals surface area contributed by atoms with E-state index in [9.17, 15) is 13.2 Å². The van der Waals surface area contributed by atoms with Crippen molar-refractivity contribution < 1.29 is 17.9 Å². The minimum atomic E-state index is -3.71. The number of methoxy groups -OCH3 is 1. The van der Waals surface area contributed by atoms with Gasteiger partial charge < -0.3 is 10.5 Å². The van der Waals surface area contributed by atoms with Crippen LogP contribution in [0, 0.1) is 12.8 Å². The SMILES string of the molecule is COC(=O)c1ccc(C)c(S(=O)(=O)NC(CN)C2CC2)c1.Cl. The molecule has 0 radical (unpaired) electrons. The molecule has 1 aromatic carbocycles. The number of aryl methyl sites for hydroxylation is 1. The van der Waals surface area contributed by atoms with Crippen LogP contribution in [0.2, 0.25) is 0 Å². The number of sulfonamides is 1. The Morgan fingerprint density at radius 3 is 2.59 bits per heavy atom. The molecule has 6 nitrogen and oxygen atoms in total. The van der Waals surface area contributed by atoms with Crippen LogP contribution in [0.25, 0.3) is 0 Å². The van der Waals surface area contributed by atoms with E-state index in [0.29, 0.717) is 11.5 Å². The molecule has 3 N–H and O–H groups in total. The summed E-state index contributed by atoms with van der Waals surface area (Å²) in [5.74, 6) is -0.252. The Bertz CT molecular complexity index is 644. The van der Waals surface area contributed by atoms with Crippen LogP contribution < -0.4 is 10.5 Å². The van der Waals surface area contributed by atoms with Gasteiger partial charge in [-0.3, -0.25) is 0 Å². The predicted molar refractivity (Wildman–Crippen MR) is 85.7 cm³/mol. The van der Waals surface area contributed by atoms with Gasteiger partial charge in [0.05, 0.1) is 17.6 Å². The van der Waals surface area contributed by atoms with E-state index in [0.717, 1.165) is 12.8 Å². The zero-order valence-corrected chi connectivity index (χ0v) is 14.2. The first-order chi connectivity index (χ1) is 9.89. The van der Waals surface area contributed by atoms with E-state index in [-0.39, 0.29) is 35.5 Å². The maximum Gasteiger partial charge on any atom is 0.337 e. The standard InChI is InChI=1S/C14H20N2O4S.ClH/c1-9-3-4-11(14(17)20-2)7-13(9)21(18,19)16-12(8-15)10-5-6-10;/h3-4,7,10,12,16H,5-6,8,15H2,1-2H3;1H. The van der Waals surface area contributed by atoms with Crippen LogP contribution in [0.1, 0.15) is 28.8 Å². The first kappa shape index (κ1) is 18.9. The summed E-state index contributed by atoms with van der Waals surface area (Å²) in [7, 11) is -2.45. The van der Waals surface area contributed by atoms with Crippen LogP contribution in [0.5, 0.6) is 0 Å². The van der Waals surface area contributed by atoms with E-state index in [2.05, 4.69) is 9.46 Å². The maximum atomic E-state index is 12.5. The Balaban J connectivity index is 0.00000242. The summed E-state index contributed by atoms with van der Waals surface area (Å²) in [6, 6.07) is 4.22. The highest BCUT2D eigenvalue weighted by Gasteiger charge is 2.34. The van der Waals surface area contributed by atoms with Crippen LogP contribution in [-0.4, -0.2) is 34.1 Å². The molecular weight excluding hydrogens is 328 g/mol. The van der Waals surface area contributed by atoms with Crippen molar-refractivity contribution in [3.05, 3.63) is 29.3 Å². The summed E-state index contributed by atoms with van der Waals surface area (Å²) >= 11 is 0. The molecule has 1 saturated carbocycles. The van der Waals surface area contributed by atoms with Gasteiger partial charge in [0.25, 0.3) is 0 Å². The number of hydrogen-bond donors (Lipinski definition) is 2. The third kappa shape index (κ3) is 4.19. The van der Waals surface area contributed by atoms with E-state index in [1.807, 2.05) is 0 Å². The number of nitrogens with one attached hydrogen (secondary N) is 1. The van der Waals surface area contributed by atoms with Gasteiger partial charge in [0.1, 0.15) is 0 Å². The van der Waals surface area contributed by atoms with Crippen LogP contribution in [0.15, 0.2) is 23.1 Å². The molecule has 0 saturated heterocycles. The maximum absolute atomic E-state index is 12.5. The summed E-state index contributed by atoms with van der Waals surface area (Å²) < 4.78 is 32.3. The Morgan fingerprint density at radius 1 is 1.45 bits per heavy atom. The van der Waals surface area contributed by atoms with E-state index in [1.165, 1.54) is 13.2 Å². The summed E-state index contributed by atoms with van der Waals surface area (Å²) in [6.07, 6.45) is 1.98. The Hall–Kier alpha value is -1.15. The van der Waals surface area contributed by atoms with E-state index in [4.69, 9.17) is 5.73 Å². The predicted octanol–water partition coefficient (Wildman–Crippen LogP) is 1.22. The van der Waals surface area contributed by atoms with Crippen molar-refractivity contribution in [2.24, 2.45) is 11.7 Å². The fourth-order valence-corrected chi connectivity index (χ4v) is 3.82. The highest BCUT2D eigenvalue weighted by Crippen LogP contribution is 2.33. The van der Waals surface area contributed by atoms with Gasteiger partial charge in [0.2, 0.25) is 10.0 Å². The summed E-state index contributed by atoms with van der Waals surface area (Å²) in [5.41, 5.74) is 6.41. The molecular formula is C14H21ClN2O4S. The number of rotatable bonds is 6. The lowest BCUT2D eigenvalue weighted by molar-refractivity contribution is 0.0600. The second-order valence-corrected chi connectivity index (χ2v) is 6.96. The van der Waals surface area contributed by atoms with Gasteiger partial charge in [-0.1, -0.05) is 6.07 Å². The lowest BCUT2D eigenvalue weighted by Gasteiger charge is -2.17. The highest BCUT2D eigenvalue weighted by molar-refractivity contribution is 7.89. The second kappa shape index (κ2) is 7.41. The minimum Gasteiger partial charge on any atom is -0.465 e. The number of hydrogen-bond acceptors (Lipinski definition) is 5. The number of benzene rings is 1. The molecule has 1 aromatic rings. The van der Waals surface area contributed by atoms with Gasteiger partial charge in [-0.15, -0.1) is 12.4 Å². The third-order valence-corrected chi connectivity index (χ3v) is 5.28. The van der Waals surface area contributed by atoms with Crippen LogP contribution in [0.3, 0.4) is 0 Å². The van der Waals surface area contributed by atoms with Gasteiger partial charge in [-0.25, -0.2) is 17.9 Å². The lowest BCUT2D eigenvalue weighted by Crippen LogP contribution is -2.41. The molecule has 2 rings (SSSR count). The van der Waals surface area contributed by atoms with Gasteiger partial charge in [0, 0.05) is 12.6 Å². The summed E-state index contributed by atoms with van der Waals surface area (Å²) in [4.78, 5) is 11.6. The first-order valence-corrected chi connectivity index (χ1v) is 8.28. The topological polar surface area (TPSA) is 98.5 Å². The zero-order chi connectivity index (χ0) is 15.6. The molecule has 0 bridgehead atoms. The molecule has 1 atom stereocenters. The number of carbonyl (C=O) groups excluding carboxylic acids is 1. The molecule has 0 amide bonds. The van der Waals surface area contributed by atoms with Crippen molar-refractivity contribution in [3.63, 3.8) is 0 Å². The van der Waals surface area contributed by atoms with Crippen molar-refractivity contribution in [1.82, 2.24) is 4.72 Å². The number of nitrogens with two attached hydrogens (primary N) is 1. The number of ether oxygens (including phenoxy) is 1. The monoisotopic (exact) mass is 348 g/mol. The molecule has 1 aliphatic rings. The fraction of sp³-hybridized carbons (Fsp3) is 0.500. The molecule has 0 aromatic heterocycles. The normalized spacial score (nSPS) is 15.8. The average Bonchev–Trinajstić information content (AvgIpc) is 3.28. The van der Waals surface area contributed by atoms with E-state index in [1.54, 1.807) is 19.1 Å². The average molecular weight is 349 g/mol. The Kier molecular flexibility index (Phi) is 6.37. The molecule has 124 valence electrons. The van der Waals surface area contributed by atoms with E-state index >= 15 is 0 Å². The third-order valence-electron chi connectivity index (χ3n) is 3.65. The smallest absolute Gasteiger partial charge is 0.337 e. The molecule has 1 unspecified atom stereocenters. The van der Waals surface area contributed by atoms with Gasteiger partial charge in [0.15, 0.2) is 0 Å². The molecule has 0 heterocycles. The number of carbonyl (C=O) groups is 1. The molecule has 22 heavy (non-hydrogen) atoms. The van der Waals surface area contributed by atoms with Crippen molar-refractivity contribution in [2.75, 3.05) is 13.7 Å². The highest BCUT2D eigenvalue weighted by atomic mass is 35.5. The summed E-state index contributed by atoms with van der Waals surface area (Å²) in [6.45, 7) is 1.95. The molecule has 8 heteroatoms. The molecule has 1 aliphatic carbocycles. The Labute approximate surface area is 136 Å². The molecule has 1 fully saturated rings. The van der Waals surface area contributed by atoms with Crippen LogP contribution in [0.4, 0.5) is 0 Å². The van der Waals surface area contributed by atoms with Crippen molar-refractivity contribution >= 4 is 28.4 Å². The second-order valence-electron chi connectivity index (χ2n) is 5.27. The largest absolute Gasteiger partial charge is 0.465 e. The van der Waals surface area contributed by atoms with Gasteiger partial charge in [-0.05, 0) is 43.4 Å². The van der Waals surface area contributed by atoms with Gasteiger partial charge in [-0.2, -0.15) is 0 Å². The van der Waals surface area contributed by atoms with Crippen molar-refractivity contribution in [2.45, 2.75) is 30.7 Å². The van der Waals surface area contributed by atoms with Gasteiger partial charge >= 0.3 is 5.97 Å². The fourth-order valence-electron chi connectivity index (χ4n) is 2.23. The quantitative estimate of drug-likeness (QED) is 0.753. The number of esters is 1. The lowest BCUT2D eigenvalue weighted by atomic mass is 10.1. The first-order valence-electron chi connectivity index (χ1n) is 6.80. The van der Waals surface area contributed by atoms with Crippen LogP contribution >= 0.6 is 12.4 Å². The zero-order valence-electron chi connectivity index (χ0n) is 12.5. The van der Waals surface area contributed by atoms with E-state index < -0.39 is 16.0 Å². The molecule has 0 aliphatic heterocycles. The van der Waals surface area contributed by atoms with Crippen LogP contribution in [-0.2, 0) is 14.8 Å². The Morgan fingerprint density at radius 2 is 2.09 bits per heavy atom.